The minimum Gasteiger partial charge on any atom is -0.430 e. The van der Waals surface area contributed by atoms with E-state index >= 15 is 0 Å². The smallest absolute Gasteiger partial charge is 0.313 e. The van der Waals surface area contributed by atoms with Crippen LogP contribution in [0.15, 0.2) is 33.3 Å². The van der Waals surface area contributed by atoms with E-state index in [0.29, 0.717) is 14.5 Å². The molecule has 0 amide bonds. The molecule has 0 saturated carbocycles. The van der Waals surface area contributed by atoms with E-state index < -0.39 is 4.92 Å². The summed E-state index contributed by atoms with van der Waals surface area (Å²) in [7, 11) is 0. The third-order valence-corrected chi connectivity index (χ3v) is 3.55. The molecule has 5 nitrogen and oxygen atoms in total. The lowest BCUT2D eigenvalue weighted by atomic mass is 10.2. The van der Waals surface area contributed by atoms with Crippen LogP contribution in [0.5, 0.6) is 11.6 Å². The molecule has 2 rings (SSSR count). The zero-order chi connectivity index (χ0) is 14.9. The highest BCUT2D eigenvalue weighted by Gasteiger charge is 2.21. The molecule has 0 aliphatic carbocycles. The van der Waals surface area contributed by atoms with E-state index in [2.05, 4.69) is 36.8 Å². The van der Waals surface area contributed by atoms with Gasteiger partial charge in [-0.3, -0.25) is 10.1 Å². The number of ether oxygens (including phenoxy) is 1. The van der Waals surface area contributed by atoms with Gasteiger partial charge in [0.25, 0.3) is 0 Å². The average Bonchev–Trinajstić information content (AvgIpc) is 2.34. The Bertz CT molecular complexity index is 695. The number of pyridine rings is 1. The second-order valence-corrected chi connectivity index (χ2v) is 6.11. The van der Waals surface area contributed by atoms with Gasteiger partial charge in [0.1, 0.15) is 5.02 Å². The molecular formula is C12H7Br2ClN2O3. The van der Waals surface area contributed by atoms with Gasteiger partial charge in [-0.25, -0.2) is 4.98 Å². The Balaban J connectivity index is 2.50. The maximum Gasteiger partial charge on any atom is 0.313 e. The molecule has 0 saturated heterocycles. The van der Waals surface area contributed by atoms with E-state index in [-0.39, 0.29) is 22.3 Å². The van der Waals surface area contributed by atoms with Crippen LogP contribution in [0.1, 0.15) is 5.56 Å². The summed E-state index contributed by atoms with van der Waals surface area (Å²) >= 11 is 12.4. The molecular weight excluding hydrogens is 415 g/mol. The molecule has 0 aliphatic rings. The van der Waals surface area contributed by atoms with Gasteiger partial charge in [0.05, 0.1) is 4.92 Å². The molecule has 0 unspecified atom stereocenters. The maximum absolute atomic E-state index is 11.1. The van der Waals surface area contributed by atoms with Crippen LogP contribution in [0, 0.1) is 17.0 Å². The molecule has 104 valence electrons. The largest absolute Gasteiger partial charge is 0.430 e. The molecule has 0 radical (unpaired) electrons. The second-order valence-electron chi connectivity index (χ2n) is 3.87. The highest BCUT2D eigenvalue weighted by atomic mass is 79.9. The Labute approximate surface area is 136 Å². The third kappa shape index (κ3) is 3.28. The fraction of sp³-hybridized carbons (Fsp3) is 0.0833. The van der Waals surface area contributed by atoms with Gasteiger partial charge in [-0.15, -0.1) is 0 Å². The molecule has 0 spiro atoms. The number of halogens is 3. The number of hydrogen-bond donors (Lipinski definition) is 0. The Morgan fingerprint density at radius 2 is 2.00 bits per heavy atom. The first kappa shape index (κ1) is 15.2. The van der Waals surface area contributed by atoms with Crippen molar-refractivity contribution in [1.29, 1.82) is 0 Å². The van der Waals surface area contributed by atoms with Gasteiger partial charge >= 0.3 is 5.69 Å². The molecule has 0 bridgehead atoms. The molecule has 0 N–H and O–H groups in total. The third-order valence-electron chi connectivity index (χ3n) is 2.39. The summed E-state index contributed by atoms with van der Waals surface area (Å²) in [5, 5.41) is 11.4. The summed E-state index contributed by atoms with van der Waals surface area (Å²) in [4.78, 5) is 14.6. The first-order valence-corrected chi connectivity index (χ1v) is 7.28. The van der Waals surface area contributed by atoms with Crippen LogP contribution in [0.2, 0.25) is 5.02 Å². The highest BCUT2D eigenvalue weighted by molar-refractivity contribution is 9.10. The van der Waals surface area contributed by atoms with Crippen LogP contribution in [-0.2, 0) is 0 Å². The maximum atomic E-state index is 11.1. The van der Waals surface area contributed by atoms with E-state index in [1.54, 1.807) is 19.1 Å². The second kappa shape index (κ2) is 6.07. The van der Waals surface area contributed by atoms with Crippen molar-refractivity contribution in [3.05, 3.63) is 54.0 Å². The Morgan fingerprint density at radius 1 is 1.30 bits per heavy atom. The summed E-state index contributed by atoms with van der Waals surface area (Å²) < 4.78 is 6.81. The van der Waals surface area contributed by atoms with Crippen molar-refractivity contribution in [1.82, 2.24) is 4.98 Å². The van der Waals surface area contributed by atoms with Crippen molar-refractivity contribution in [3.63, 3.8) is 0 Å². The fourth-order valence-corrected chi connectivity index (χ4v) is 2.78. The standard InChI is InChI=1S/C12H7Br2ClN2O3/c1-6-2-7(13)4-10(17(18)19)11(6)20-12-9(15)3-8(14)5-16-12/h2-5H,1H3. The normalized spacial score (nSPS) is 10.4. The van der Waals surface area contributed by atoms with Crippen molar-refractivity contribution < 1.29 is 9.66 Å². The van der Waals surface area contributed by atoms with Crippen LogP contribution in [-0.4, -0.2) is 9.91 Å². The molecule has 0 fully saturated rings. The van der Waals surface area contributed by atoms with Gasteiger partial charge in [-0.1, -0.05) is 27.5 Å². The number of nitro groups is 1. The van der Waals surface area contributed by atoms with Crippen molar-refractivity contribution in [2.24, 2.45) is 0 Å². The van der Waals surface area contributed by atoms with Crippen molar-refractivity contribution >= 4 is 49.1 Å². The van der Waals surface area contributed by atoms with Crippen LogP contribution in [0.4, 0.5) is 5.69 Å². The van der Waals surface area contributed by atoms with E-state index in [4.69, 9.17) is 16.3 Å². The number of benzene rings is 1. The molecule has 20 heavy (non-hydrogen) atoms. The monoisotopic (exact) mass is 420 g/mol. The molecule has 1 aromatic heterocycles. The van der Waals surface area contributed by atoms with Gasteiger partial charge in [-0.2, -0.15) is 0 Å². The molecule has 2 aromatic rings. The van der Waals surface area contributed by atoms with E-state index in [1.807, 2.05) is 0 Å². The van der Waals surface area contributed by atoms with Crippen molar-refractivity contribution in [2.75, 3.05) is 0 Å². The first-order valence-electron chi connectivity index (χ1n) is 5.32. The summed E-state index contributed by atoms with van der Waals surface area (Å²) in [6.45, 7) is 1.71. The number of nitrogens with zero attached hydrogens (tertiary/aromatic N) is 2. The number of aryl methyl sites for hydroxylation is 1. The van der Waals surface area contributed by atoms with E-state index in [1.165, 1.54) is 12.3 Å². The van der Waals surface area contributed by atoms with Gasteiger partial charge in [-0.05, 0) is 35.0 Å². The predicted octanol–water partition coefficient (Wildman–Crippen LogP) is 5.27. The summed E-state index contributed by atoms with van der Waals surface area (Å²) in [5.41, 5.74) is 0.449. The molecule has 0 aliphatic heterocycles. The Kier molecular flexibility index (Phi) is 4.62. The average molecular weight is 422 g/mol. The number of rotatable bonds is 3. The quantitative estimate of drug-likeness (QED) is 0.499. The molecule has 0 atom stereocenters. The van der Waals surface area contributed by atoms with E-state index in [0.717, 1.165) is 0 Å². The Morgan fingerprint density at radius 3 is 2.60 bits per heavy atom. The van der Waals surface area contributed by atoms with Crippen LogP contribution < -0.4 is 4.74 Å². The highest BCUT2D eigenvalue weighted by Crippen LogP contribution is 2.38. The van der Waals surface area contributed by atoms with E-state index in [9.17, 15) is 10.1 Å². The molecule has 1 aromatic carbocycles. The van der Waals surface area contributed by atoms with Crippen LogP contribution >= 0.6 is 43.5 Å². The van der Waals surface area contributed by atoms with Gasteiger partial charge in [0.2, 0.25) is 11.6 Å². The first-order chi connectivity index (χ1) is 9.38. The summed E-state index contributed by atoms with van der Waals surface area (Å²) in [6.07, 6.45) is 1.50. The minimum atomic E-state index is -0.514. The minimum absolute atomic E-state index is 0.114. The molecule has 8 heteroatoms. The number of nitro benzene ring substituents is 1. The lowest BCUT2D eigenvalue weighted by molar-refractivity contribution is -0.385. The van der Waals surface area contributed by atoms with Crippen molar-refractivity contribution in [2.45, 2.75) is 6.92 Å². The fourth-order valence-electron chi connectivity index (χ4n) is 1.55. The van der Waals surface area contributed by atoms with Crippen LogP contribution in [0.25, 0.3) is 0 Å². The summed E-state index contributed by atoms with van der Waals surface area (Å²) in [5.74, 6) is 0.235. The van der Waals surface area contributed by atoms with Crippen molar-refractivity contribution in [3.8, 4) is 11.6 Å². The topological polar surface area (TPSA) is 65.3 Å². The lowest BCUT2D eigenvalue weighted by Gasteiger charge is -2.10. The SMILES string of the molecule is Cc1cc(Br)cc([N+](=O)[O-])c1Oc1ncc(Br)cc1Cl. The summed E-state index contributed by atoms with van der Waals surface area (Å²) in [6, 6.07) is 4.69. The van der Waals surface area contributed by atoms with Crippen LogP contribution in [0.3, 0.4) is 0 Å². The van der Waals surface area contributed by atoms with Gasteiger partial charge < -0.3 is 4.74 Å². The predicted molar refractivity (Wildman–Crippen MR) is 82.6 cm³/mol. The van der Waals surface area contributed by atoms with Gasteiger partial charge in [0, 0.05) is 26.8 Å². The lowest BCUT2D eigenvalue weighted by Crippen LogP contribution is -1.97. The van der Waals surface area contributed by atoms with Gasteiger partial charge in [0.15, 0.2) is 0 Å². The molecule has 1 heterocycles. The zero-order valence-electron chi connectivity index (χ0n) is 10.1. The number of aromatic nitrogens is 1. The zero-order valence-corrected chi connectivity index (χ0v) is 14.0. The number of hydrogen-bond acceptors (Lipinski definition) is 4. The Hall–Kier alpha value is -1.18.